The van der Waals surface area contributed by atoms with Gasteiger partial charge in [0.2, 0.25) is 0 Å². The van der Waals surface area contributed by atoms with E-state index >= 15 is 0 Å². The highest BCUT2D eigenvalue weighted by Crippen LogP contribution is 2.46. The Labute approximate surface area is 224 Å². The largest absolute Gasteiger partial charge is 0.457 e. The van der Waals surface area contributed by atoms with E-state index in [0.29, 0.717) is 16.0 Å². The molecule has 0 saturated heterocycles. The summed E-state index contributed by atoms with van der Waals surface area (Å²) in [7, 11) is 0. The third-order valence-electron chi connectivity index (χ3n) is 6.05. The number of aromatic nitrogens is 2. The van der Waals surface area contributed by atoms with Gasteiger partial charge in [0, 0.05) is 18.6 Å². The van der Waals surface area contributed by atoms with Gasteiger partial charge in [-0.05, 0) is 17.7 Å². The fraction of sp³-hybridized carbons (Fsp3) is 0.154. The van der Waals surface area contributed by atoms with Crippen LogP contribution in [0.15, 0.2) is 78.9 Å². The first-order chi connectivity index (χ1) is 18.6. The second kappa shape index (κ2) is 10.3. The summed E-state index contributed by atoms with van der Waals surface area (Å²) in [6.45, 7) is 0. The number of carbonyl (C=O) groups is 1. The number of nitrogens with one attached hydrogen (secondary N) is 2. The lowest BCUT2D eigenvalue weighted by atomic mass is 9.97. The van der Waals surface area contributed by atoms with Crippen molar-refractivity contribution in [2.45, 2.75) is 24.7 Å². The average molecular weight is 558 g/mol. The van der Waals surface area contributed by atoms with Gasteiger partial charge in [0.1, 0.15) is 22.3 Å². The molecule has 200 valence electrons. The summed E-state index contributed by atoms with van der Waals surface area (Å²) < 4.78 is 48.4. The maximum Gasteiger partial charge on any atom is 0.410 e. The molecule has 2 heterocycles. The Morgan fingerprint density at radius 3 is 2.38 bits per heavy atom. The number of hydrogen-bond acceptors (Lipinski definition) is 6. The van der Waals surface area contributed by atoms with E-state index in [1.807, 2.05) is 0 Å². The number of benzene rings is 3. The molecule has 3 aromatic carbocycles. The molecule has 1 amide bonds. The highest BCUT2D eigenvalue weighted by atomic mass is 35.5. The number of para-hydroxylation sites is 1. The summed E-state index contributed by atoms with van der Waals surface area (Å²) in [6.07, 6.45) is -5.04. The van der Waals surface area contributed by atoms with Gasteiger partial charge in [-0.15, -0.1) is 0 Å². The minimum Gasteiger partial charge on any atom is -0.457 e. The molecule has 2 N–H and O–H groups in total. The average Bonchev–Trinajstić information content (AvgIpc) is 3.25. The topological polar surface area (TPSA) is 111 Å². The summed E-state index contributed by atoms with van der Waals surface area (Å²) in [5.41, 5.74) is -0.272. The van der Waals surface area contributed by atoms with Crippen molar-refractivity contribution in [3.8, 4) is 11.5 Å². The summed E-state index contributed by atoms with van der Waals surface area (Å²) in [5.74, 6) is -0.647. The standard InChI is InChI=1S/C26H19ClF3N5O4/c27-22-23(33-34-21(26(28,29)30)14-20(32-24(22)34)15-7-3-1-4-8-15)25(36)31-16-11-17(35(37)38)13-19(12-16)39-18-9-5-2-6-10-18/h1-13,20-21,32H,14H2,(H,31,36)/t20-,21-/m1/s1. The number of fused-ring (bicyclic) bond motifs is 1. The molecule has 0 spiro atoms. The maximum atomic E-state index is 14.0. The smallest absolute Gasteiger partial charge is 0.410 e. The number of amides is 1. The van der Waals surface area contributed by atoms with Crippen molar-refractivity contribution in [3.63, 3.8) is 0 Å². The van der Waals surface area contributed by atoms with Gasteiger partial charge in [0.15, 0.2) is 11.7 Å². The minimum atomic E-state index is -4.67. The van der Waals surface area contributed by atoms with Crippen LogP contribution >= 0.6 is 11.6 Å². The number of alkyl halides is 3. The molecule has 0 saturated carbocycles. The number of non-ortho nitro benzene ring substituents is 1. The number of nitro benzene ring substituents is 1. The number of hydrogen-bond donors (Lipinski definition) is 2. The monoisotopic (exact) mass is 557 g/mol. The van der Waals surface area contributed by atoms with Gasteiger partial charge in [-0.1, -0.05) is 60.1 Å². The van der Waals surface area contributed by atoms with Crippen LogP contribution in [-0.2, 0) is 0 Å². The molecule has 4 aromatic rings. The molecule has 0 unspecified atom stereocenters. The highest BCUT2D eigenvalue weighted by Gasteiger charge is 2.47. The first-order valence-corrected chi connectivity index (χ1v) is 12.0. The van der Waals surface area contributed by atoms with Gasteiger partial charge >= 0.3 is 6.18 Å². The first kappa shape index (κ1) is 26.0. The van der Waals surface area contributed by atoms with Gasteiger partial charge < -0.3 is 15.4 Å². The van der Waals surface area contributed by atoms with Crippen molar-refractivity contribution in [1.29, 1.82) is 0 Å². The third kappa shape index (κ3) is 5.50. The van der Waals surface area contributed by atoms with Crippen LogP contribution in [0.3, 0.4) is 0 Å². The van der Waals surface area contributed by atoms with Gasteiger partial charge in [0.05, 0.1) is 22.7 Å². The van der Waals surface area contributed by atoms with E-state index in [0.717, 1.165) is 6.07 Å². The third-order valence-corrected chi connectivity index (χ3v) is 6.41. The molecule has 9 nitrogen and oxygen atoms in total. The zero-order chi connectivity index (χ0) is 27.7. The Morgan fingerprint density at radius 1 is 1.08 bits per heavy atom. The molecule has 1 aromatic heterocycles. The second-order valence-electron chi connectivity index (χ2n) is 8.70. The molecule has 1 aliphatic rings. The van der Waals surface area contributed by atoms with Gasteiger partial charge in [0.25, 0.3) is 11.6 Å². The molecule has 0 bridgehead atoms. The van der Waals surface area contributed by atoms with Crippen LogP contribution in [0.2, 0.25) is 5.02 Å². The molecule has 1 aliphatic heterocycles. The van der Waals surface area contributed by atoms with Gasteiger partial charge in [-0.2, -0.15) is 18.3 Å². The number of halogens is 4. The van der Waals surface area contributed by atoms with E-state index in [-0.39, 0.29) is 34.4 Å². The van der Waals surface area contributed by atoms with E-state index in [4.69, 9.17) is 16.3 Å². The summed E-state index contributed by atoms with van der Waals surface area (Å²) in [5, 5.41) is 20.4. The van der Waals surface area contributed by atoms with Crippen LogP contribution in [0.1, 0.15) is 34.6 Å². The predicted molar refractivity (Wildman–Crippen MR) is 137 cm³/mol. The van der Waals surface area contributed by atoms with Gasteiger partial charge in [-0.3, -0.25) is 14.9 Å². The van der Waals surface area contributed by atoms with Crippen LogP contribution in [0.5, 0.6) is 11.5 Å². The van der Waals surface area contributed by atoms with Crippen molar-refractivity contribution in [2.75, 3.05) is 10.6 Å². The number of nitro groups is 1. The maximum absolute atomic E-state index is 14.0. The molecule has 0 aliphatic carbocycles. The number of nitrogens with zero attached hydrogens (tertiary/aromatic N) is 3. The molecule has 39 heavy (non-hydrogen) atoms. The lowest BCUT2D eigenvalue weighted by molar-refractivity contribution is -0.384. The van der Waals surface area contributed by atoms with Crippen molar-refractivity contribution in [3.05, 3.63) is 105 Å². The Bertz CT molecular complexity index is 1530. The normalized spacial score (nSPS) is 16.6. The second-order valence-corrected chi connectivity index (χ2v) is 9.08. The molecule has 2 atom stereocenters. The van der Waals surface area contributed by atoms with Crippen LogP contribution < -0.4 is 15.4 Å². The Kier molecular flexibility index (Phi) is 6.87. The van der Waals surface area contributed by atoms with E-state index in [1.165, 1.54) is 12.1 Å². The molecule has 5 rings (SSSR count). The number of anilines is 2. The zero-order valence-corrected chi connectivity index (χ0v) is 20.6. The lowest BCUT2D eigenvalue weighted by Crippen LogP contribution is -2.35. The molecule has 0 radical (unpaired) electrons. The molecule has 13 heteroatoms. The molecule has 0 fully saturated rings. The number of carbonyl (C=O) groups excluding carboxylic acids is 1. The van der Waals surface area contributed by atoms with E-state index < -0.39 is 34.8 Å². The van der Waals surface area contributed by atoms with E-state index in [9.17, 15) is 28.1 Å². The molecular formula is C26H19ClF3N5O4. The summed E-state index contributed by atoms with van der Waals surface area (Å²) in [4.78, 5) is 23.9. The predicted octanol–water partition coefficient (Wildman–Crippen LogP) is 7.15. The van der Waals surface area contributed by atoms with Gasteiger partial charge in [-0.25, -0.2) is 4.68 Å². The quantitative estimate of drug-likeness (QED) is 0.192. The Morgan fingerprint density at radius 2 is 1.74 bits per heavy atom. The summed E-state index contributed by atoms with van der Waals surface area (Å²) in [6, 6.07) is 17.8. The van der Waals surface area contributed by atoms with Crippen LogP contribution in [0.4, 0.5) is 30.4 Å². The number of ether oxygens (including phenoxy) is 1. The fourth-order valence-electron chi connectivity index (χ4n) is 4.27. The van der Waals surface area contributed by atoms with Crippen molar-refractivity contribution in [2.24, 2.45) is 0 Å². The Hall–Kier alpha value is -4.58. The fourth-order valence-corrected chi connectivity index (χ4v) is 4.54. The van der Waals surface area contributed by atoms with Crippen LogP contribution in [0, 0.1) is 10.1 Å². The van der Waals surface area contributed by atoms with Crippen LogP contribution in [0.25, 0.3) is 0 Å². The molecular weight excluding hydrogens is 539 g/mol. The highest BCUT2D eigenvalue weighted by molar-refractivity contribution is 6.36. The first-order valence-electron chi connectivity index (χ1n) is 11.6. The van der Waals surface area contributed by atoms with Crippen molar-refractivity contribution >= 4 is 34.7 Å². The SMILES string of the molecule is O=C(Nc1cc(Oc2ccccc2)cc([N+](=O)[O-])c1)c1nn2c(c1Cl)N[C@@H](c1ccccc1)C[C@@H]2C(F)(F)F. The van der Waals surface area contributed by atoms with E-state index in [1.54, 1.807) is 60.7 Å². The lowest BCUT2D eigenvalue weighted by Gasteiger charge is -2.33. The summed E-state index contributed by atoms with van der Waals surface area (Å²) >= 11 is 6.38. The minimum absolute atomic E-state index is 0.0373. The van der Waals surface area contributed by atoms with Crippen molar-refractivity contribution in [1.82, 2.24) is 9.78 Å². The Balaban J connectivity index is 1.46. The van der Waals surface area contributed by atoms with Crippen LogP contribution in [-0.4, -0.2) is 26.8 Å². The van der Waals surface area contributed by atoms with Crippen molar-refractivity contribution < 1.29 is 27.6 Å². The zero-order valence-electron chi connectivity index (χ0n) is 19.9. The number of rotatable bonds is 6. The van der Waals surface area contributed by atoms with E-state index in [2.05, 4.69) is 15.7 Å².